The number of aryl methyl sites for hydroxylation is 1. The lowest BCUT2D eigenvalue weighted by Crippen LogP contribution is -2.54. The number of hydrogen-bond donors (Lipinski definition) is 3. The van der Waals surface area contributed by atoms with E-state index in [0.717, 1.165) is 41.8 Å². The van der Waals surface area contributed by atoms with Gasteiger partial charge in [-0.3, -0.25) is 4.90 Å². The van der Waals surface area contributed by atoms with E-state index >= 15 is 0 Å². The van der Waals surface area contributed by atoms with Crippen LogP contribution < -0.4 is 5.32 Å². The van der Waals surface area contributed by atoms with Crippen LogP contribution in [0.1, 0.15) is 49.3 Å². The van der Waals surface area contributed by atoms with Crippen molar-refractivity contribution < 1.29 is 5.21 Å². The zero-order valence-corrected chi connectivity index (χ0v) is 22.3. The van der Waals surface area contributed by atoms with Gasteiger partial charge in [0.25, 0.3) is 0 Å². The van der Waals surface area contributed by atoms with Crippen molar-refractivity contribution in [2.45, 2.75) is 58.2 Å². The van der Waals surface area contributed by atoms with Gasteiger partial charge >= 0.3 is 0 Å². The Morgan fingerprint density at radius 1 is 1.11 bits per heavy atom. The van der Waals surface area contributed by atoms with Crippen LogP contribution in [-0.4, -0.2) is 55.3 Å². The number of anilines is 2. The first-order valence-corrected chi connectivity index (χ1v) is 13.4. The standard InChI is InChI=1S/C29H33ClN6O/c1-17-4-7-24-25(12-31-27(24)8-17)28-26(30)13-32-29(34-28)33-23-10-20(9-22(11-23)21-5-6-21)16-35-14-18(2)36(37)19(3)15-35/h4,7-13,18-19,21,31,37H,5-6,14-16H2,1-3H3,(H,32,33,34)/t18-,19?/m0/s1. The van der Waals surface area contributed by atoms with Gasteiger partial charge in [0.05, 0.1) is 16.9 Å². The molecule has 1 unspecified atom stereocenters. The molecule has 2 aliphatic rings. The van der Waals surface area contributed by atoms with E-state index in [1.165, 1.54) is 34.6 Å². The third kappa shape index (κ3) is 5.09. The highest BCUT2D eigenvalue weighted by atomic mass is 35.5. The van der Waals surface area contributed by atoms with Crippen molar-refractivity contribution in [2.24, 2.45) is 0 Å². The van der Waals surface area contributed by atoms with Crippen LogP contribution in [0.3, 0.4) is 0 Å². The Balaban J connectivity index is 1.28. The number of benzene rings is 2. The molecule has 0 spiro atoms. The topological polar surface area (TPSA) is 80.3 Å². The van der Waals surface area contributed by atoms with Gasteiger partial charge in [0.1, 0.15) is 0 Å². The number of piperazine rings is 1. The molecule has 7 nitrogen and oxygen atoms in total. The minimum Gasteiger partial charge on any atom is -0.360 e. The molecule has 6 rings (SSSR count). The number of fused-ring (bicyclic) bond motifs is 1. The Kier molecular flexibility index (Phi) is 6.41. The van der Waals surface area contributed by atoms with Crippen LogP contribution >= 0.6 is 11.6 Å². The molecular weight excluding hydrogens is 484 g/mol. The number of nitrogens with zero attached hydrogens (tertiary/aromatic N) is 4. The first-order chi connectivity index (χ1) is 17.8. The Labute approximate surface area is 222 Å². The molecule has 1 aliphatic carbocycles. The van der Waals surface area contributed by atoms with E-state index < -0.39 is 0 Å². The maximum absolute atomic E-state index is 10.2. The largest absolute Gasteiger partial charge is 0.360 e. The normalized spacial score (nSPS) is 21.0. The zero-order valence-electron chi connectivity index (χ0n) is 21.5. The Hall–Kier alpha value is -2.97. The predicted octanol–water partition coefficient (Wildman–Crippen LogP) is 6.49. The molecule has 0 amide bonds. The SMILES string of the molecule is Cc1ccc2c(-c3nc(Nc4cc(CN5CC(C)N(O)[C@@H](C)C5)cc(C5CC5)c4)ncc3Cl)c[nH]c2c1. The molecule has 3 N–H and O–H groups in total. The molecule has 2 aromatic carbocycles. The smallest absolute Gasteiger partial charge is 0.227 e. The lowest BCUT2D eigenvalue weighted by Gasteiger charge is -2.40. The second-order valence-electron chi connectivity index (χ2n) is 10.8. The van der Waals surface area contributed by atoms with Crippen LogP contribution in [0, 0.1) is 6.92 Å². The lowest BCUT2D eigenvalue weighted by atomic mass is 10.0. The van der Waals surface area contributed by atoms with E-state index in [0.29, 0.717) is 22.6 Å². The van der Waals surface area contributed by atoms with Gasteiger partial charge in [0, 0.05) is 60.1 Å². The molecule has 1 aliphatic heterocycles. The summed E-state index contributed by atoms with van der Waals surface area (Å²) in [6.07, 6.45) is 6.10. The van der Waals surface area contributed by atoms with Gasteiger partial charge in [-0.2, -0.15) is 5.06 Å². The number of H-pyrrole nitrogens is 1. The maximum Gasteiger partial charge on any atom is 0.227 e. The zero-order chi connectivity index (χ0) is 25.7. The van der Waals surface area contributed by atoms with Crippen molar-refractivity contribution >= 4 is 34.1 Å². The highest BCUT2D eigenvalue weighted by Crippen LogP contribution is 2.42. The molecule has 8 heteroatoms. The summed E-state index contributed by atoms with van der Waals surface area (Å²) in [6.45, 7) is 8.74. The van der Waals surface area contributed by atoms with Crippen LogP contribution in [0.25, 0.3) is 22.2 Å². The minimum atomic E-state index is 0.113. The van der Waals surface area contributed by atoms with Crippen molar-refractivity contribution in [2.75, 3.05) is 18.4 Å². The second kappa shape index (κ2) is 9.72. The van der Waals surface area contributed by atoms with E-state index in [-0.39, 0.29) is 12.1 Å². The predicted molar refractivity (Wildman–Crippen MR) is 149 cm³/mol. The van der Waals surface area contributed by atoms with Crippen LogP contribution in [-0.2, 0) is 6.54 Å². The molecule has 4 aromatic rings. The van der Waals surface area contributed by atoms with Crippen molar-refractivity contribution in [1.29, 1.82) is 0 Å². The summed E-state index contributed by atoms with van der Waals surface area (Å²) >= 11 is 6.57. The number of nitrogens with one attached hydrogen (secondary N) is 2. The van der Waals surface area contributed by atoms with E-state index in [1.54, 1.807) is 6.20 Å². The fourth-order valence-electron chi connectivity index (χ4n) is 5.53. The second-order valence-corrected chi connectivity index (χ2v) is 11.2. The molecular formula is C29H33ClN6O. The van der Waals surface area contributed by atoms with Gasteiger partial charge in [-0.15, -0.1) is 0 Å². The summed E-state index contributed by atoms with van der Waals surface area (Å²) in [6, 6.07) is 13.3. The van der Waals surface area contributed by atoms with E-state index in [4.69, 9.17) is 16.6 Å². The molecule has 1 saturated carbocycles. The van der Waals surface area contributed by atoms with Gasteiger partial charge in [0.15, 0.2) is 0 Å². The van der Waals surface area contributed by atoms with E-state index in [1.807, 2.05) is 6.20 Å². The molecule has 2 atom stereocenters. The highest BCUT2D eigenvalue weighted by molar-refractivity contribution is 6.33. The summed E-state index contributed by atoms with van der Waals surface area (Å²) in [5, 5.41) is 16.8. The highest BCUT2D eigenvalue weighted by Gasteiger charge is 2.29. The minimum absolute atomic E-state index is 0.113. The van der Waals surface area contributed by atoms with Gasteiger partial charge in [-0.05, 0) is 74.4 Å². The fraction of sp³-hybridized carbons (Fsp3) is 0.379. The Bertz CT molecular complexity index is 1440. The number of hydroxylamine groups is 2. The third-order valence-corrected chi connectivity index (χ3v) is 7.79. The number of hydrogen-bond acceptors (Lipinski definition) is 6. The molecule has 37 heavy (non-hydrogen) atoms. The number of rotatable bonds is 6. The van der Waals surface area contributed by atoms with Gasteiger partial charge in [0.2, 0.25) is 5.95 Å². The van der Waals surface area contributed by atoms with Crippen LogP contribution in [0.15, 0.2) is 48.8 Å². The fourth-order valence-corrected chi connectivity index (χ4v) is 5.72. The van der Waals surface area contributed by atoms with Crippen molar-refractivity contribution in [3.8, 4) is 11.3 Å². The molecule has 2 aromatic heterocycles. The van der Waals surface area contributed by atoms with Crippen LogP contribution in [0.4, 0.5) is 11.6 Å². The molecule has 3 heterocycles. The average Bonchev–Trinajstić information content (AvgIpc) is 3.64. The number of halogens is 1. The third-order valence-electron chi connectivity index (χ3n) is 7.51. The van der Waals surface area contributed by atoms with Crippen molar-refractivity contribution in [3.05, 3.63) is 70.5 Å². The molecule has 0 radical (unpaired) electrons. The summed E-state index contributed by atoms with van der Waals surface area (Å²) < 4.78 is 0. The first-order valence-electron chi connectivity index (χ1n) is 13.0. The molecule has 0 bridgehead atoms. The lowest BCUT2D eigenvalue weighted by molar-refractivity contribution is -0.181. The Morgan fingerprint density at radius 2 is 1.89 bits per heavy atom. The first kappa shape index (κ1) is 24.4. The summed E-state index contributed by atoms with van der Waals surface area (Å²) in [5.74, 6) is 1.15. The van der Waals surface area contributed by atoms with E-state index in [9.17, 15) is 5.21 Å². The van der Waals surface area contributed by atoms with Crippen LogP contribution in [0.5, 0.6) is 0 Å². The summed E-state index contributed by atoms with van der Waals surface area (Å²) in [4.78, 5) is 15.1. The molecule has 1 saturated heterocycles. The summed E-state index contributed by atoms with van der Waals surface area (Å²) in [7, 11) is 0. The van der Waals surface area contributed by atoms with Crippen molar-refractivity contribution in [1.82, 2.24) is 24.9 Å². The Morgan fingerprint density at radius 3 is 2.65 bits per heavy atom. The van der Waals surface area contributed by atoms with Gasteiger partial charge in [-0.25, -0.2) is 9.97 Å². The van der Waals surface area contributed by atoms with E-state index in [2.05, 4.69) is 77.4 Å². The average molecular weight is 517 g/mol. The number of aromatic amines is 1. The van der Waals surface area contributed by atoms with Crippen LogP contribution in [0.2, 0.25) is 5.02 Å². The molecule has 2 fully saturated rings. The molecule has 192 valence electrons. The van der Waals surface area contributed by atoms with Gasteiger partial charge < -0.3 is 15.5 Å². The summed E-state index contributed by atoms with van der Waals surface area (Å²) in [5.41, 5.74) is 7.55. The number of aromatic nitrogens is 3. The quantitative estimate of drug-likeness (QED) is 0.272. The van der Waals surface area contributed by atoms with Gasteiger partial charge in [-0.1, -0.05) is 29.8 Å². The van der Waals surface area contributed by atoms with Crippen molar-refractivity contribution in [3.63, 3.8) is 0 Å². The maximum atomic E-state index is 10.2. The monoisotopic (exact) mass is 516 g/mol.